The molecule has 0 aliphatic heterocycles. The maximum Gasteiger partial charge on any atom is 0.251 e. The van der Waals surface area contributed by atoms with Crippen LogP contribution in [0, 0.1) is 12.8 Å². The van der Waals surface area contributed by atoms with Crippen LogP contribution in [0.5, 0.6) is 5.75 Å². The highest BCUT2D eigenvalue weighted by atomic mass is 32.2. The van der Waals surface area contributed by atoms with Crippen LogP contribution in [0.15, 0.2) is 18.2 Å². The monoisotopic (exact) mass is 253 g/mol. The van der Waals surface area contributed by atoms with Crippen LogP contribution in [0.4, 0.5) is 0 Å². The summed E-state index contributed by atoms with van der Waals surface area (Å²) < 4.78 is 0. The van der Waals surface area contributed by atoms with Gasteiger partial charge < -0.3 is 10.4 Å². The Labute approximate surface area is 107 Å². The molecule has 1 rings (SSSR count). The van der Waals surface area contributed by atoms with Gasteiger partial charge in [0, 0.05) is 12.1 Å². The van der Waals surface area contributed by atoms with E-state index in [1.165, 1.54) is 6.07 Å². The molecule has 1 aromatic carbocycles. The molecule has 94 valence electrons. The molecule has 0 saturated carbocycles. The minimum Gasteiger partial charge on any atom is -0.508 e. The molecule has 1 amide bonds. The number of phenolic OH excluding ortho intramolecular Hbond substituents is 1. The summed E-state index contributed by atoms with van der Waals surface area (Å²) in [6, 6.07) is 4.78. The van der Waals surface area contributed by atoms with Crippen molar-refractivity contribution in [3.8, 4) is 5.75 Å². The van der Waals surface area contributed by atoms with Crippen molar-refractivity contribution in [1.82, 2.24) is 5.32 Å². The molecule has 3 nitrogen and oxygen atoms in total. The quantitative estimate of drug-likeness (QED) is 0.847. The van der Waals surface area contributed by atoms with Gasteiger partial charge in [-0.15, -0.1) is 0 Å². The largest absolute Gasteiger partial charge is 0.508 e. The van der Waals surface area contributed by atoms with Crippen molar-refractivity contribution in [2.24, 2.45) is 5.92 Å². The van der Waals surface area contributed by atoms with Gasteiger partial charge >= 0.3 is 0 Å². The summed E-state index contributed by atoms with van der Waals surface area (Å²) in [5, 5.41) is 12.2. The molecule has 0 aliphatic carbocycles. The van der Waals surface area contributed by atoms with Gasteiger partial charge in [0.25, 0.3) is 5.91 Å². The van der Waals surface area contributed by atoms with E-state index in [1.807, 2.05) is 6.92 Å². The van der Waals surface area contributed by atoms with E-state index in [-0.39, 0.29) is 11.7 Å². The van der Waals surface area contributed by atoms with Crippen LogP contribution in [0.25, 0.3) is 0 Å². The number of hydrogen-bond donors (Lipinski definition) is 2. The van der Waals surface area contributed by atoms with Crippen LogP contribution in [-0.2, 0) is 0 Å². The molecule has 0 aromatic heterocycles. The van der Waals surface area contributed by atoms with E-state index in [0.717, 1.165) is 11.3 Å². The van der Waals surface area contributed by atoms with Gasteiger partial charge in [0.05, 0.1) is 0 Å². The molecule has 0 radical (unpaired) electrons. The van der Waals surface area contributed by atoms with Gasteiger partial charge in [-0.1, -0.05) is 6.92 Å². The first-order chi connectivity index (χ1) is 8.04. The van der Waals surface area contributed by atoms with E-state index >= 15 is 0 Å². The first-order valence-electron chi connectivity index (χ1n) is 5.61. The summed E-state index contributed by atoms with van der Waals surface area (Å²) in [5.41, 5.74) is 1.42. The van der Waals surface area contributed by atoms with Crippen LogP contribution in [0.3, 0.4) is 0 Å². The minimum atomic E-state index is -0.0737. The summed E-state index contributed by atoms with van der Waals surface area (Å²) in [4.78, 5) is 11.9. The van der Waals surface area contributed by atoms with Crippen molar-refractivity contribution in [2.75, 3.05) is 18.6 Å². The average Bonchev–Trinajstić information content (AvgIpc) is 2.26. The zero-order chi connectivity index (χ0) is 12.8. The Bertz CT molecular complexity index is 393. The number of nitrogens with one attached hydrogen (secondary N) is 1. The summed E-state index contributed by atoms with van der Waals surface area (Å²) in [6.07, 6.45) is 2.06. The van der Waals surface area contributed by atoms with Gasteiger partial charge in [-0.25, -0.2) is 0 Å². The number of thioether (sulfide) groups is 1. The first kappa shape index (κ1) is 13.9. The zero-order valence-corrected chi connectivity index (χ0v) is 11.3. The van der Waals surface area contributed by atoms with E-state index in [1.54, 1.807) is 23.9 Å². The molecule has 0 saturated heterocycles. The minimum absolute atomic E-state index is 0.0737. The normalized spacial score (nSPS) is 12.2. The Hall–Kier alpha value is -1.16. The molecule has 0 bridgehead atoms. The van der Waals surface area contributed by atoms with Crippen LogP contribution in [-0.4, -0.2) is 29.6 Å². The van der Waals surface area contributed by atoms with Crippen molar-refractivity contribution < 1.29 is 9.90 Å². The Balaban J connectivity index is 2.58. The fraction of sp³-hybridized carbons (Fsp3) is 0.462. The lowest BCUT2D eigenvalue weighted by Crippen LogP contribution is -2.29. The number of rotatable bonds is 5. The van der Waals surface area contributed by atoms with Crippen molar-refractivity contribution in [2.45, 2.75) is 13.8 Å². The highest BCUT2D eigenvalue weighted by molar-refractivity contribution is 7.98. The molecule has 2 N–H and O–H groups in total. The van der Waals surface area contributed by atoms with E-state index in [4.69, 9.17) is 0 Å². The summed E-state index contributed by atoms with van der Waals surface area (Å²) in [6.45, 7) is 4.61. The number of phenols is 1. The molecule has 0 spiro atoms. The molecule has 0 fully saturated rings. The lowest BCUT2D eigenvalue weighted by Gasteiger charge is -2.12. The number of carbonyl (C=O) groups is 1. The third-order valence-corrected chi connectivity index (χ3v) is 3.42. The molecule has 4 heteroatoms. The zero-order valence-electron chi connectivity index (χ0n) is 10.5. The van der Waals surface area contributed by atoms with E-state index in [9.17, 15) is 9.90 Å². The Morgan fingerprint density at radius 2 is 2.24 bits per heavy atom. The fourth-order valence-electron chi connectivity index (χ4n) is 1.61. The second kappa shape index (κ2) is 6.55. The van der Waals surface area contributed by atoms with E-state index < -0.39 is 0 Å². The van der Waals surface area contributed by atoms with Gasteiger partial charge in [-0.2, -0.15) is 11.8 Å². The van der Waals surface area contributed by atoms with Gasteiger partial charge in [-0.05, 0) is 48.6 Å². The molecule has 17 heavy (non-hydrogen) atoms. The maximum absolute atomic E-state index is 11.9. The number of aromatic hydroxyl groups is 1. The third kappa shape index (κ3) is 4.30. The number of hydrogen-bond acceptors (Lipinski definition) is 3. The van der Waals surface area contributed by atoms with Crippen LogP contribution in [0.1, 0.15) is 22.8 Å². The molecular weight excluding hydrogens is 234 g/mol. The van der Waals surface area contributed by atoms with Crippen LogP contribution >= 0.6 is 11.8 Å². The number of carbonyl (C=O) groups excluding carboxylic acids is 1. The number of amides is 1. The predicted molar refractivity (Wildman–Crippen MR) is 72.7 cm³/mol. The van der Waals surface area contributed by atoms with Crippen LogP contribution < -0.4 is 5.32 Å². The second-order valence-corrected chi connectivity index (χ2v) is 5.18. The third-order valence-electron chi connectivity index (χ3n) is 2.52. The maximum atomic E-state index is 11.9. The molecule has 1 atom stereocenters. The van der Waals surface area contributed by atoms with E-state index in [0.29, 0.717) is 18.0 Å². The van der Waals surface area contributed by atoms with Gasteiger partial charge in [-0.3, -0.25) is 4.79 Å². The lowest BCUT2D eigenvalue weighted by molar-refractivity contribution is 0.0948. The van der Waals surface area contributed by atoms with Gasteiger partial charge in [0.15, 0.2) is 0 Å². The van der Waals surface area contributed by atoms with Crippen molar-refractivity contribution >= 4 is 17.7 Å². The topological polar surface area (TPSA) is 49.3 Å². The van der Waals surface area contributed by atoms with Crippen molar-refractivity contribution in [3.63, 3.8) is 0 Å². The fourth-order valence-corrected chi connectivity index (χ4v) is 2.30. The van der Waals surface area contributed by atoms with Crippen molar-refractivity contribution in [3.05, 3.63) is 29.3 Å². The molecule has 0 heterocycles. The van der Waals surface area contributed by atoms with Gasteiger partial charge in [0.1, 0.15) is 5.75 Å². The number of benzene rings is 1. The predicted octanol–water partition coefficient (Wildman–Crippen LogP) is 2.43. The Morgan fingerprint density at radius 3 is 2.82 bits per heavy atom. The lowest BCUT2D eigenvalue weighted by atomic mass is 10.1. The molecule has 0 aliphatic rings. The Morgan fingerprint density at radius 1 is 1.53 bits per heavy atom. The molecule has 1 aromatic rings. The summed E-state index contributed by atoms with van der Waals surface area (Å²) in [5.74, 6) is 1.62. The van der Waals surface area contributed by atoms with E-state index in [2.05, 4.69) is 18.5 Å². The second-order valence-electron chi connectivity index (χ2n) is 4.27. The molecular formula is C13H19NO2S. The highest BCUT2D eigenvalue weighted by Gasteiger charge is 2.10. The van der Waals surface area contributed by atoms with Crippen LogP contribution in [0.2, 0.25) is 0 Å². The highest BCUT2D eigenvalue weighted by Crippen LogP contribution is 2.15. The standard InChI is InChI=1S/C13H19NO2S/c1-9(8-17-3)7-14-13(16)12-5-4-11(15)6-10(12)2/h4-6,9,15H,7-8H2,1-3H3,(H,14,16). The smallest absolute Gasteiger partial charge is 0.251 e. The Kier molecular flexibility index (Phi) is 5.35. The first-order valence-corrected chi connectivity index (χ1v) is 7.00. The molecule has 1 unspecified atom stereocenters. The summed E-state index contributed by atoms with van der Waals surface area (Å²) >= 11 is 1.78. The number of aryl methyl sites for hydroxylation is 1. The average molecular weight is 253 g/mol. The van der Waals surface area contributed by atoms with Gasteiger partial charge in [0.2, 0.25) is 0 Å². The SMILES string of the molecule is CSCC(C)CNC(=O)c1ccc(O)cc1C. The van der Waals surface area contributed by atoms with Crippen molar-refractivity contribution in [1.29, 1.82) is 0 Å². The summed E-state index contributed by atoms with van der Waals surface area (Å²) in [7, 11) is 0.